The molecule has 0 heterocycles. The minimum atomic E-state index is -0.333. The first-order chi connectivity index (χ1) is 9.83. The molecule has 2 rings (SSSR count). The topological polar surface area (TPSA) is 44.0 Å². The van der Waals surface area contributed by atoms with E-state index in [4.69, 9.17) is 0 Å². The molecule has 0 bridgehead atoms. The molecule has 0 aliphatic heterocycles. The molecule has 1 N–H and O–H groups in total. The molecule has 0 aliphatic carbocycles. The summed E-state index contributed by atoms with van der Waals surface area (Å²) in [5, 5.41) is 18.5. The van der Waals surface area contributed by atoms with Crippen molar-refractivity contribution in [3.63, 3.8) is 0 Å². The van der Waals surface area contributed by atoms with Gasteiger partial charge in [-0.05, 0) is 24.0 Å². The number of aliphatic hydroxyl groups excluding tert-OH is 1. The molecule has 0 fully saturated rings. The fourth-order valence-corrected chi connectivity index (χ4v) is 2.78. The standard InChI is InChI=1S/C18H19NO/c19-14-13-18(12-7-15-20,16-8-3-1-4-9-16)17-10-5-2-6-11-17/h1-6,8-11,20H,7,12-13,15H2. The molecule has 0 unspecified atom stereocenters. The molecule has 0 aliphatic rings. The third-order valence-electron chi connectivity index (χ3n) is 3.80. The van der Waals surface area contributed by atoms with Crippen molar-refractivity contribution in [3.8, 4) is 6.07 Å². The third kappa shape index (κ3) is 2.89. The first-order valence-electron chi connectivity index (χ1n) is 6.92. The summed E-state index contributed by atoms with van der Waals surface area (Å²) in [6, 6.07) is 22.6. The summed E-state index contributed by atoms with van der Waals surface area (Å²) in [6.07, 6.45) is 1.87. The molecule has 0 atom stereocenters. The maximum Gasteiger partial charge on any atom is 0.0634 e. The molecule has 0 saturated carbocycles. The number of nitrogens with zero attached hydrogens (tertiary/aromatic N) is 1. The van der Waals surface area contributed by atoms with Crippen molar-refractivity contribution in [2.24, 2.45) is 0 Å². The van der Waals surface area contributed by atoms with Gasteiger partial charge in [-0.1, -0.05) is 60.7 Å². The zero-order valence-corrected chi connectivity index (χ0v) is 11.5. The van der Waals surface area contributed by atoms with E-state index in [0.717, 1.165) is 17.5 Å². The van der Waals surface area contributed by atoms with Crippen molar-refractivity contribution >= 4 is 0 Å². The Morgan fingerprint density at radius 2 is 1.40 bits per heavy atom. The lowest BCUT2D eigenvalue weighted by Crippen LogP contribution is -2.27. The average molecular weight is 265 g/mol. The number of hydrogen-bond donors (Lipinski definition) is 1. The van der Waals surface area contributed by atoms with Crippen molar-refractivity contribution in [2.75, 3.05) is 6.61 Å². The Labute approximate surface area is 120 Å². The zero-order valence-electron chi connectivity index (χ0n) is 11.5. The van der Waals surface area contributed by atoms with Gasteiger partial charge in [0.2, 0.25) is 0 Å². The predicted molar refractivity (Wildman–Crippen MR) is 80.2 cm³/mol. The fourth-order valence-electron chi connectivity index (χ4n) is 2.78. The van der Waals surface area contributed by atoms with Gasteiger partial charge in [-0.15, -0.1) is 0 Å². The molecule has 0 amide bonds. The summed E-state index contributed by atoms with van der Waals surface area (Å²) >= 11 is 0. The summed E-state index contributed by atoms with van der Waals surface area (Å²) < 4.78 is 0. The normalized spacial score (nSPS) is 11.0. The van der Waals surface area contributed by atoms with Gasteiger partial charge in [0.25, 0.3) is 0 Å². The maximum absolute atomic E-state index is 9.31. The third-order valence-corrected chi connectivity index (χ3v) is 3.80. The van der Waals surface area contributed by atoms with E-state index < -0.39 is 0 Å². The lowest BCUT2D eigenvalue weighted by atomic mass is 9.69. The highest BCUT2D eigenvalue weighted by atomic mass is 16.2. The van der Waals surface area contributed by atoms with Gasteiger partial charge in [0.05, 0.1) is 6.07 Å². The van der Waals surface area contributed by atoms with E-state index in [2.05, 4.69) is 30.3 Å². The summed E-state index contributed by atoms with van der Waals surface area (Å²) in [6.45, 7) is 0.146. The van der Waals surface area contributed by atoms with Crippen LogP contribution >= 0.6 is 0 Å². The average Bonchev–Trinajstić information content (AvgIpc) is 2.53. The number of hydrogen-bond acceptors (Lipinski definition) is 2. The molecule has 0 saturated heterocycles. The summed E-state index contributed by atoms with van der Waals surface area (Å²) in [5.41, 5.74) is 1.95. The molecule has 20 heavy (non-hydrogen) atoms. The van der Waals surface area contributed by atoms with E-state index in [0.29, 0.717) is 12.8 Å². The molecular weight excluding hydrogens is 246 g/mol. The molecule has 2 nitrogen and oxygen atoms in total. The second-order valence-electron chi connectivity index (χ2n) is 4.98. The van der Waals surface area contributed by atoms with Gasteiger partial charge in [0, 0.05) is 18.4 Å². The van der Waals surface area contributed by atoms with Crippen LogP contribution in [-0.2, 0) is 5.41 Å². The van der Waals surface area contributed by atoms with E-state index in [-0.39, 0.29) is 12.0 Å². The number of aliphatic hydroxyl groups is 1. The highest BCUT2D eigenvalue weighted by Crippen LogP contribution is 2.39. The number of nitriles is 1. The summed E-state index contributed by atoms with van der Waals surface area (Å²) in [7, 11) is 0. The monoisotopic (exact) mass is 265 g/mol. The van der Waals surface area contributed by atoms with Gasteiger partial charge in [-0.3, -0.25) is 0 Å². The summed E-state index contributed by atoms with van der Waals surface area (Å²) in [5.74, 6) is 0. The minimum Gasteiger partial charge on any atom is -0.396 e. The summed E-state index contributed by atoms with van der Waals surface area (Å²) in [4.78, 5) is 0. The van der Waals surface area contributed by atoms with Crippen molar-refractivity contribution < 1.29 is 5.11 Å². The number of benzene rings is 2. The van der Waals surface area contributed by atoms with Gasteiger partial charge in [0.15, 0.2) is 0 Å². The van der Waals surface area contributed by atoms with Crippen molar-refractivity contribution in [3.05, 3.63) is 71.8 Å². The SMILES string of the molecule is N#CCC(CCCO)(c1ccccc1)c1ccccc1. The van der Waals surface area contributed by atoms with E-state index in [9.17, 15) is 10.4 Å². The van der Waals surface area contributed by atoms with Crippen LogP contribution in [0.3, 0.4) is 0 Å². The highest BCUT2D eigenvalue weighted by Gasteiger charge is 2.33. The van der Waals surface area contributed by atoms with Crippen LogP contribution in [0.15, 0.2) is 60.7 Å². The van der Waals surface area contributed by atoms with Gasteiger partial charge in [-0.2, -0.15) is 5.26 Å². The molecule has 0 spiro atoms. The van der Waals surface area contributed by atoms with Gasteiger partial charge < -0.3 is 5.11 Å². The van der Waals surface area contributed by atoms with Crippen molar-refractivity contribution in [2.45, 2.75) is 24.7 Å². The fraction of sp³-hybridized carbons (Fsp3) is 0.278. The van der Waals surface area contributed by atoms with Crippen LogP contribution in [0.25, 0.3) is 0 Å². The van der Waals surface area contributed by atoms with Crippen molar-refractivity contribution in [1.82, 2.24) is 0 Å². The van der Waals surface area contributed by atoms with Gasteiger partial charge in [-0.25, -0.2) is 0 Å². The van der Waals surface area contributed by atoms with Crippen LogP contribution in [0.2, 0.25) is 0 Å². The molecule has 2 aromatic rings. The molecule has 2 heteroatoms. The minimum absolute atomic E-state index is 0.146. The quantitative estimate of drug-likeness (QED) is 0.866. The van der Waals surface area contributed by atoms with Crippen LogP contribution in [-0.4, -0.2) is 11.7 Å². The molecule has 0 radical (unpaired) electrons. The molecular formula is C18H19NO. The van der Waals surface area contributed by atoms with E-state index in [1.807, 2.05) is 36.4 Å². The maximum atomic E-state index is 9.31. The van der Waals surface area contributed by atoms with E-state index in [1.165, 1.54) is 0 Å². The lowest BCUT2D eigenvalue weighted by Gasteiger charge is -2.33. The van der Waals surface area contributed by atoms with Crippen LogP contribution < -0.4 is 0 Å². The lowest BCUT2D eigenvalue weighted by molar-refractivity contribution is 0.269. The van der Waals surface area contributed by atoms with Gasteiger partial charge in [0.1, 0.15) is 0 Å². The Morgan fingerprint density at radius 1 is 0.900 bits per heavy atom. The zero-order chi connectivity index (χ0) is 14.3. The Bertz CT molecular complexity index is 517. The Kier molecular flexibility index (Phi) is 4.92. The second kappa shape index (κ2) is 6.88. The molecule has 102 valence electrons. The second-order valence-corrected chi connectivity index (χ2v) is 4.98. The Morgan fingerprint density at radius 3 is 1.80 bits per heavy atom. The first-order valence-corrected chi connectivity index (χ1v) is 6.92. The molecule has 0 aromatic heterocycles. The first kappa shape index (κ1) is 14.3. The van der Waals surface area contributed by atoms with E-state index in [1.54, 1.807) is 0 Å². The van der Waals surface area contributed by atoms with Crippen LogP contribution in [0.1, 0.15) is 30.4 Å². The Balaban J connectivity index is 2.54. The van der Waals surface area contributed by atoms with Gasteiger partial charge >= 0.3 is 0 Å². The largest absolute Gasteiger partial charge is 0.396 e. The smallest absolute Gasteiger partial charge is 0.0634 e. The Hall–Kier alpha value is -2.11. The predicted octanol–water partition coefficient (Wildman–Crippen LogP) is 3.66. The number of rotatable bonds is 6. The van der Waals surface area contributed by atoms with E-state index >= 15 is 0 Å². The van der Waals surface area contributed by atoms with Crippen LogP contribution in [0.5, 0.6) is 0 Å². The highest BCUT2D eigenvalue weighted by molar-refractivity contribution is 5.40. The van der Waals surface area contributed by atoms with Crippen molar-refractivity contribution in [1.29, 1.82) is 5.26 Å². The molecule has 2 aromatic carbocycles. The van der Waals surface area contributed by atoms with Crippen LogP contribution in [0.4, 0.5) is 0 Å². The van der Waals surface area contributed by atoms with Crippen LogP contribution in [0, 0.1) is 11.3 Å².